The lowest BCUT2D eigenvalue weighted by Crippen LogP contribution is -2.47. The van der Waals surface area contributed by atoms with E-state index in [0.29, 0.717) is 6.61 Å². The molecule has 1 aliphatic rings. The Morgan fingerprint density at radius 1 is 0.543 bits per heavy atom. The Balaban J connectivity index is 2.01. The third-order valence-electron chi connectivity index (χ3n) is 7.31. The van der Waals surface area contributed by atoms with Crippen molar-refractivity contribution >= 4 is 5.78 Å². The van der Waals surface area contributed by atoms with Crippen molar-refractivity contribution in [2.24, 2.45) is 0 Å². The van der Waals surface area contributed by atoms with E-state index in [2.05, 4.69) is 13.8 Å². The van der Waals surface area contributed by atoms with Crippen molar-refractivity contribution < 1.29 is 19.0 Å². The van der Waals surface area contributed by atoms with Crippen molar-refractivity contribution in [1.82, 2.24) is 0 Å². The summed E-state index contributed by atoms with van der Waals surface area (Å²) in [6.45, 7) is 5.44. The number of ketones is 1. The molecule has 1 heterocycles. The second-order valence-corrected chi connectivity index (χ2v) is 10.8. The molecule has 0 saturated carbocycles. The van der Waals surface area contributed by atoms with Gasteiger partial charge in [0.25, 0.3) is 5.97 Å². The van der Waals surface area contributed by atoms with Gasteiger partial charge >= 0.3 is 0 Å². The monoisotopic (exact) mass is 496 g/mol. The molecule has 1 fully saturated rings. The molecule has 0 spiro atoms. The van der Waals surface area contributed by atoms with E-state index in [4.69, 9.17) is 14.2 Å². The molecule has 0 aromatic rings. The summed E-state index contributed by atoms with van der Waals surface area (Å²) >= 11 is 0. The first kappa shape index (κ1) is 32.6. The SMILES string of the molecule is CCCCCCCCCCCCCCCCCC1(OCCCCCCCCCC)OCC(=O)CO1. The van der Waals surface area contributed by atoms with Gasteiger partial charge in [0.05, 0.1) is 6.61 Å². The Bertz CT molecular complexity index is 455. The summed E-state index contributed by atoms with van der Waals surface area (Å²) in [6.07, 6.45) is 31.2. The van der Waals surface area contributed by atoms with Crippen LogP contribution in [0.4, 0.5) is 0 Å². The molecule has 1 rings (SSSR count). The van der Waals surface area contributed by atoms with Crippen LogP contribution in [0.25, 0.3) is 0 Å². The fourth-order valence-corrected chi connectivity index (χ4v) is 4.94. The molecule has 0 N–H and O–H groups in total. The van der Waals surface area contributed by atoms with Gasteiger partial charge in [-0.2, -0.15) is 0 Å². The number of unbranched alkanes of at least 4 members (excludes halogenated alkanes) is 21. The maximum absolute atomic E-state index is 11.6. The highest BCUT2D eigenvalue weighted by atomic mass is 16.9. The van der Waals surface area contributed by atoms with Crippen LogP contribution in [-0.4, -0.2) is 31.6 Å². The number of rotatable bonds is 26. The maximum Gasteiger partial charge on any atom is 0.283 e. The van der Waals surface area contributed by atoms with Gasteiger partial charge < -0.3 is 14.2 Å². The summed E-state index contributed by atoms with van der Waals surface area (Å²) in [4.78, 5) is 11.6. The minimum Gasteiger partial charge on any atom is -0.327 e. The average Bonchev–Trinajstić information content (AvgIpc) is 2.87. The highest BCUT2D eigenvalue weighted by Gasteiger charge is 2.37. The number of carbonyl (C=O) groups excluding carboxylic acids is 1. The Morgan fingerprint density at radius 2 is 0.886 bits per heavy atom. The second-order valence-electron chi connectivity index (χ2n) is 10.8. The average molecular weight is 497 g/mol. The quantitative estimate of drug-likeness (QED) is 0.112. The largest absolute Gasteiger partial charge is 0.327 e. The number of Topliss-reactive ketones (excluding diaryl/α,β-unsaturated/α-hetero) is 1. The van der Waals surface area contributed by atoms with Gasteiger partial charge in [-0.05, 0) is 12.8 Å². The highest BCUT2D eigenvalue weighted by Crippen LogP contribution is 2.27. The van der Waals surface area contributed by atoms with Gasteiger partial charge in [-0.25, -0.2) is 0 Å². The molecule has 4 nitrogen and oxygen atoms in total. The van der Waals surface area contributed by atoms with Crippen LogP contribution in [0.5, 0.6) is 0 Å². The highest BCUT2D eigenvalue weighted by molar-refractivity contribution is 5.81. The summed E-state index contributed by atoms with van der Waals surface area (Å²) in [5.41, 5.74) is 0. The van der Waals surface area contributed by atoms with E-state index in [-0.39, 0.29) is 19.0 Å². The van der Waals surface area contributed by atoms with Gasteiger partial charge in [0, 0.05) is 6.42 Å². The Morgan fingerprint density at radius 3 is 1.29 bits per heavy atom. The lowest BCUT2D eigenvalue weighted by Gasteiger charge is -2.36. The first-order valence-corrected chi connectivity index (χ1v) is 15.7. The summed E-state index contributed by atoms with van der Waals surface area (Å²) in [7, 11) is 0. The van der Waals surface area contributed by atoms with E-state index >= 15 is 0 Å². The minimum atomic E-state index is -0.981. The number of hydrogen-bond donors (Lipinski definition) is 0. The molecule has 0 unspecified atom stereocenters. The molecule has 0 amide bonds. The standard InChI is InChI=1S/C31H60O4/c1-3-5-7-9-11-13-14-15-16-17-18-19-20-22-24-26-31(34-28-30(32)29-35-31)33-27-25-23-21-12-10-8-6-4-2/h3-29H2,1-2H3. The van der Waals surface area contributed by atoms with E-state index < -0.39 is 5.97 Å². The first-order valence-electron chi connectivity index (χ1n) is 15.7. The van der Waals surface area contributed by atoms with E-state index in [1.807, 2.05) is 0 Å². The van der Waals surface area contributed by atoms with Crippen molar-refractivity contribution in [1.29, 1.82) is 0 Å². The van der Waals surface area contributed by atoms with Crippen LogP contribution < -0.4 is 0 Å². The van der Waals surface area contributed by atoms with Crippen LogP contribution in [-0.2, 0) is 19.0 Å². The van der Waals surface area contributed by atoms with E-state index in [9.17, 15) is 4.79 Å². The molecule has 4 heteroatoms. The number of carbonyl (C=O) groups is 1. The van der Waals surface area contributed by atoms with Crippen LogP contribution in [0.1, 0.15) is 168 Å². The third-order valence-corrected chi connectivity index (χ3v) is 7.31. The normalized spacial score (nSPS) is 15.7. The summed E-state index contributed by atoms with van der Waals surface area (Å²) in [5.74, 6) is -0.973. The van der Waals surface area contributed by atoms with Crippen molar-refractivity contribution in [2.75, 3.05) is 19.8 Å². The molecule has 0 aliphatic carbocycles. The molecular weight excluding hydrogens is 436 g/mol. The topological polar surface area (TPSA) is 44.8 Å². The molecule has 0 radical (unpaired) electrons. The lowest BCUT2D eigenvalue weighted by atomic mass is 10.0. The molecule has 1 aliphatic heterocycles. The van der Waals surface area contributed by atoms with E-state index in [0.717, 1.165) is 19.3 Å². The second kappa shape index (κ2) is 23.9. The summed E-state index contributed by atoms with van der Waals surface area (Å²) in [5, 5.41) is 0. The zero-order valence-electron chi connectivity index (χ0n) is 23.7. The molecule has 1 saturated heterocycles. The van der Waals surface area contributed by atoms with Gasteiger partial charge in [-0.15, -0.1) is 0 Å². The molecule has 0 atom stereocenters. The van der Waals surface area contributed by atoms with Gasteiger partial charge in [-0.1, -0.05) is 149 Å². The number of hydrogen-bond acceptors (Lipinski definition) is 4. The van der Waals surface area contributed by atoms with E-state index in [1.54, 1.807) is 0 Å². The third kappa shape index (κ3) is 19.3. The van der Waals surface area contributed by atoms with Crippen LogP contribution in [0, 0.1) is 0 Å². The fourth-order valence-electron chi connectivity index (χ4n) is 4.94. The first-order chi connectivity index (χ1) is 17.2. The van der Waals surface area contributed by atoms with Crippen molar-refractivity contribution in [3.63, 3.8) is 0 Å². The predicted molar refractivity (Wildman–Crippen MR) is 148 cm³/mol. The molecule has 35 heavy (non-hydrogen) atoms. The van der Waals surface area contributed by atoms with Crippen LogP contribution in [0.3, 0.4) is 0 Å². The molecule has 0 bridgehead atoms. The smallest absolute Gasteiger partial charge is 0.283 e. The van der Waals surface area contributed by atoms with Crippen molar-refractivity contribution in [3.05, 3.63) is 0 Å². The predicted octanol–water partition coefficient (Wildman–Crippen LogP) is 9.67. The maximum atomic E-state index is 11.6. The minimum absolute atomic E-state index is 0.00722. The fraction of sp³-hybridized carbons (Fsp3) is 0.968. The Kier molecular flexibility index (Phi) is 22.3. The molecule has 0 aromatic heterocycles. The van der Waals surface area contributed by atoms with Gasteiger partial charge in [-0.3, -0.25) is 4.79 Å². The van der Waals surface area contributed by atoms with Crippen LogP contribution in [0.2, 0.25) is 0 Å². The molecule has 208 valence electrons. The Labute approximate surface area is 218 Å². The van der Waals surface area contributed by atoms with Crippen molar-refractivity contribution in [2.45, 2.75) is 174 Å². The number of ether oxygens (including phenoxy) is 3. The van der Waals surface area contributed by atoms with Gasteiger partial charge in [0.2, 0.25) is 0 Å². The van der Waals surface area contributed by atoms with E-state index in [1.165, 1.54) is 135 Å². The summed E-state index contributed by atoms with van der Waals surface area (Å²) in [6, 6.07) is 0. The molecular formula is C31H60O4. The summed E-state index contributed by atoms with van der Waals surface area (Å²) < 4.78 is 17.6. The van der Waals surface area contributed by atoms with Gasteiger partial charge in [0.1, 0.15) is 13.2 Å². The lowest BCUT2D eigenvalue weighted by molar-refractivity contribution is -0.389. The zero-order chi connectivity index (χ0) is 25.3. The van der Waals surface area contributed by atoms with Crippen molar-refractivity contribution in [3.8, 4) is 0 Å². The van der Waals surface area contributed by atoms with Gasteiger partial charge in [0.15, 0.2) is 5.78 Å². The zero-order valence-corrected chi connectivity index (χ0v) is 23.7. The van der Waals surface area contributed by atoms with Crippen LogP contribution in [0.15, 0.2) is 0 Å². The molecule has 0 aromatic carbocycles. The Hall–Kier alpha value is -0.450. The van der Waals surface area contributed by atoms with Crippen LogP contribution >= 0.6 is 0 Å².